The van der Waals surface area contributed by atoms with Crippen LogP contribution in [0.25, 0.3) is 0 Å². The van der Waals surface area contributed by atoms with Gasteiger partial charge in [0.2, 0.25) is 0 Å². The summed E-state index contributed by atoms with van der Waals surface area (Å²) in [5, 5.41) is 12.4. The molecular weight excluding hydrogens is 348 g/mol. The zero-order valence-electron chi connectivity index (χ0n) is 18.3. The summed E-state index contributed by atoms with van der Waals surface area (Å²) < 4.78 is 11.7. The largest absolute Gasteiger partial charge is 0.496 e. The molecule has 0 aromatic heterocycles. The number of rotatable bonds is 5. The molecule has 0 spiro atoms. The number of hydrogen-bond donors (Lipinski definition) is 1. The van der Waals surface area contributed by atoms with Gasteiger partial charge in [-0.2, -0.15) is 0 Å². The molecule has 2 unspecified atom stereocenters. The van der Waals surface area contributed by atoms with E-state index in [-0.39, 0.29) is 11.8 Å². The first-order chi connectivity index (χ1) is 13.3. The molecule has 1 aliphatic rings. The molecule has 28 heavy (non-hydrogen) atoms. The van der Waals surface area contributed by atoms with Gasteiger partial charge in [0.25, 0.3) is 0 Å². The van der Waals surface area contributed by atoms with Gasteiger partial charge in [0, 0.05) is 17.0 Å². The summed E-state index contributed by atoms with van der Waals surface area (Å²) in [6, 6.07) is 8.57. The van der Waals surface area contributed by atoms with Crippen LogP contribution in [0, 0.1) is 26.7 Å². The quantitative estimate of drug-likeness (QED) is 0.732. The van der Waals surface area contributed by atoms with Crippen LogP contribution in [0.5, 0.6) is 11.5 Å². The Morgan fingerprint density at radius 1 is 0.964 bits per heavy atom. The summed E-state index contributed by atoms with van der Waals surface area (Å²) in [5.41, 5.74) is 5.53. The van der Waals surface area contributed by atoms with Crippen LogP contribution in [-0.4, -0.2) is 19.3 Å². The van der Waals surface area contributed by atoms with Crippen molar-refractivity contribution in [1.29, 1.82) is 0 Å². The van der Waals surface area contributed by atoms with Crippen molar-refractivity contribution in [3.63, 3.8) is 0 Å². The number of benzene rings is 2. The highest BCUT2D eigenvalue weighted by molar-refractivity contribution is 5.61. The maximum absolute atomic E-state index is 12.4. The molecule has 2 aromatic rings. The van der Waals surface area contributed by atoms with Crippen LogP contribution >= 0.6 is 0 Å². The van der Waals surface area contributed by atoms with Crippen LogP contribution in [0.15, 0.2) is 24.3 Å². The molecule has 1 aliphatic carbocycles. The molecule has 152 valence electrons. The lowest BCUT2D eigenvalue weighted by Crippen LogP contribution is -2.41. The zero-order chi connectivity index (χ0) is 20.6. The Labute approximate surface area is 169 Å². The normalized spacial score (nSPS) is 18.5. The predicted octanol–water partition coefficient (Wildman–Crippen LogP) is 5.59. The molecule has 0 saturated heterocycles. The average Bonchev–Trinajstić information content (AvgIpc) is 2.69. The first kappa shape index (κ1) is 20.7. The minimum Gasteiger partial charge on any atom is -0.496 e. The van der Waals surface area contributed by atoms with Gasteiger partial charge in [0.15, 0.2) is 0 Å². The molecule has 0 saturated carbocycles. The summed E-state index contributed by atoms with van der Waals surface area (Å²) in [5.74, 6) is 1.67. The van der Waals surface area contributed by atoms with Gasteiger partial charge in [-0.15, -0.1) is 0 Å². The van der Waals surface area contributed by atoms with Crippen LogP contribution in [0.2, 0.25) is 0 Å². The molecular formula is C25H34O3. The number of aryl methyl sites for hydroxylation is 1. The van der Waals surface area contributed by atoms with E-state index in [0.29, 0.717) is 0 Å². The molecule has 2 aromatic carbocycles. The van der Waals surface area contributed by atoms with Gasteiger partial charge in [-0.1, -0.05) is 38.1 Å². The van der Waals surface area contributed by atoms with Crippen molar-refractivity contribution >= 4 is 0 Å². The molecule has 0 radical (unpaired) electrons. The minimum absolute atomic E-state index is 0.0167. The Hall–Kier alpha value is -2.00. The second-order valence-corrected chi connectivity index (χ2v) is 8.44. The van der Waals surface area contributed by atoms with Gasteiger partial charge < -0.3 is 14.6 Å². The SMILES string of the molecule is COc1c(C)c(C)c(OC)c(C(O)(C(C)C)C2CCCc3ccccc32)c1C. The Kier molecular flexibility index (Phi) is 5.77. The first-order valence-corrected chi connectivity index (χ1v) is 10.3. The van der Waals surface area contributed by atoms with E-state index in [9.17, 15) is 5.11 Å². The van der Waals surface area contributed by atoms with Crippen LogP contribution < -0.4 is 9.47 Å². The fourth-order valence-electron chi connectivity index (χ4n) is 5.21. The van der Waals surface area contributed by atoms with Crippen LogP contribution in [-0.2, 0) is 12.0 Å². The second kappa shape index (κ2) is 7.79. The van der Waals surface area contributed by atoms with Crippen molar-refractivity contribution in [1.82, 2.24) is 0 Å². The Morgan fingerprint density at radius 2 is 1.57 bits per heavy atom. The third-order valence-electron chi connectivity index (χ3n) is 6.78. The zero-order valence-corrected chi connectivity index (χ0v) is 18.3. The van der Waals surface area contributed by atoms with E-state index in [1.54, 1.807) is 14.2 Å². The smallest absolute Gasteiger partial charge is 0.128 e. The van der Waals surface area contributed by atoms with Gasteiger partial charge in [-0.3, -0.25) is 0 Å². The van der Waals surface area contributed by atoms with Gasteiger partial charge in [0.1, 0.15) is 17.1 Å². The number of fused-ring (bicyclic) bond motifs is 1. The lowest BCUT2D eigenvalue weighted by molar-refractivity contribution is -0.0443. The van der Waals surface area contributed by atoms with Crippen molar-refractivity contribution in [2.45, 2.75) is 65.4 Å². The fourth-order valence-corrected chi connectivity index (χ4v) is 5.21. The third kappa shape index (κ3) is 3.00. The van der Waals surface area contributed by atoms with E-state index in [1.165, 1.54) is 11.1 Å². The van der Waals surface area contributed by atoms with E-state index < -0.39 is 5.60 Å². The predicted molar refractivity (Wildman–Crippen MR) is 115 cm³/mol. The molecule has 0 bridgehead atoms. The summed E-state index contributed by atoms with van der Waals surface area (Å²) >= 11 is 0. The lowest BCUT2D eigenvalue weighted by Gasteiger charge is -2.44. The highest BCUT2D eigenvalue weighted by Crippen LogP contribution is 2.54. The number of ether oxygens (including phenoxy) is 2. The Balaban J connectivity index is 2.35. The molecule has 3 rings (SSSR count). The summed E-state index contributed by atoms with van der Waals surface area (Å²) in [7, 11) is 3.40. The molecule has 3 heteroatoms. The molecule has 2 atom stereocenters. The monoisotopic (exact) mass is 382 g/mol. The van der Waals surface area contributed by atoms with Crippen molar-refractivity contribution in [2.75, 3.05) is 14.2 Å². The highest BCUT2D eigenvalue weighted by atomic mass is 16.5. The van der Waals surface area contributed by atoms with E-state index in [4.69, 9.17) is 9.47 Å². The summed E-state index contributed by atoms with van der Waals surface area (Å²) in [6.07, 6.45) is 3.12. The molecule has 0 fully saturated rings. The third-order valence-corrected chi connectivity index (χ3v) is 6.78. The van der Waals surface area contributed by atoms with Gasteiger partial charge in [-0.25, -0.2) is 0 Å². The molecule has 0 aliphatic heterocycles. The summed E-state index contributed by atoms with van der Waals surface area (Å²) in [4.78, 5) is 0. The Bertz CT molecular complexity index is 869. The van der Waals surface area contributed by atoms with Gasteiger partial charge in [0.05, 0.1) is 14.2 Å². The number of hydrogen-bond acceptors (Lipinski definition) is 3. The average molecular weight is 383 g/mol. The van der Waals surface area contributed by atoms with Crippen molar-refractivity contribution in [2.24, 2.45) is 5.92 Å². The van der Waals surface area contributed by atoms with E-state index in [2.05, 4.69) is 52.0 Å². The highest BCUT2D eigenvalue weighted by Gasteiger charge is 2.47. The maximum Gasteiger partial charge on any atom is 0.128 e. The first-order valence-electron chi connectivity index (χ1n) is 10.3. The topological polar surface area (TPSA) is 38.7 Å². The molecule has 3 nitrogen and oxygen atoms in total. The van der Waals surface area contributed by atoms with Crippen molar-refractivity contribution < 1.29 is 14.6 Å². The number of methoxy groups -OCH3 is 2. The maximum atomic E-state index is 12.4. The summed E-state index contributed by atoms with van der Waals surface area (Å²) in [6.45, 7) is 10.4. The lowest BCUT2D eigenvalue weighted by atomic mass is 9.64. The fraction of sp³-hybridized carbons (Fsp3) is 0.520. The van der Waals surface area contributed by atoms with E-state index in [1.807, 2.05) is 6.92 Å². The van der Waals surface area contributed by atoms with E-state index in [0.717, 1.165) is 53.0 Å². The van der Waals surface area contributed by atoms with Crippen LogP contribution in [0.1, 0.15) is 66.0 Å². The van der Waals surface area contributed by atoms with Crippen LogP contribution in [0.3, 0.4) is 0 Å². The molecule has 0 heterocycles. The van der Waals surface area contributed by atoms with Crippen LogP contribution in [0.4, 0.5) is 0 Å². The second-order valence-electron chi connectivity index (χ2n) is 8.44. The van der Waals surface area contributed by atoms with Crippen molar-refractivity contribution in [3.05, 3.63) is 57.6 Å². The molecule has 0 amide bonds. The minimum atomic E-state index is -1.04. The van der Waals surface area contributed by atoms with Gasteiger partial charge in [-0.05, 0) is 68.2 Å². The molecule has 1 N–H and O–H groups in total. The van der Waals surface area contributed by atoms with Gasteiger partial charge >= 0.3 is 0 Å². The standard InChI is InChI=1S/C25H34O3/c1-15(2)25(26,21-14-10-12-19-11-8-9-13-20(19)21)22-18(5)23(27-6)16(3)17(4)24(22)28-7/h8-9,11,13,15,21,26H,10,12,14H2,1-7H3. The van der Waals surface area contributed by atoms with E-state index >= 15 is 0 Å². The Morgan fingerprint density at radius 3 is 2.18 bits per heavy atom. The van der Waals surface area contributed by atoms with Crippen molar-refractivity contribution in [3.8, 4) is 11.5 Å². The number of aliphatic hydroxyl groups is 1.